The fourth-order valence-electron chi connectivity index (χ4n) is 3.21. The Morgan fingerprint density at radius 2 is 2.00 bits per heavy atom. The standard InChI is InChI=1S/C20H18Cl2N6O3/c1-31-12-5-13(21)17(14(22)6-12)28-9-26-18(23)16(20(28)30)19(29)27-11-4-10(7-24-8-11)15-2-3-25-15/h4-9,15,25H,2-3,23H2,1H3,(H,27,29)/t15-/m0/s1. The molecule has 31 heavy (non-hydrogen) atoms. The van der Waals surface area contributed by atoms with E-state index in [4.69, 9.17) is 33.7 Å². The van der Waals surface area contributed by atoms with Crippen LogP contribution in [0.25, 0.3) is 5.69 Å². The molecule has 160 valence electrons. The van der Waals surface area contributed by atoms with Crippen molar-refractivity contribution in [2.24, 2.45) is 0 Å². The zero-order chi connectivity index (χ0) is 22.1. The number of halogens is 2. The van der Waals surface area contributed by atoms with Crippen molar-refractivity contribution in [1.82, 2.24) is 19.9 Å². The van der Waals surface area contributed by atoms with Gasteiger partial charge in [0.2, 0.25) is 0 Å². The maximum Gasteiger partial charge on any atom is 0.273 e. The number of carbonyl (C=O) groups excluding carboxylic acids is 1. The first kappa shape index (κ1) is 21.1. The highest BCUT2D eigenvalue weighted by molar-refractivity contribution is 6.38. The molecule has 4 rings (SSSR count). The number of methoxy groups -OCH3 is 1. The van der Waals surface area contributed by atoms with E-state index in [0.717, 1.165) is 23.1 Å². The van der Waals surface area contributed by atoms with E-state index in [0.29, 0.717) is 11.4 Å². The molecule has 1 aliphatic rings. The van der Waals surface area contributed by atoms with E-state index in [9.17, 15) is 9.59 Å². The van der Waals surface area contributed by atoms with Gasteiger partial charge in [-0.3, -0.25) is 19.1 Å². The van der Waals surface area contributed by atoms with Gasteiger partial charge < -0.3 is 21.1 Å². The first-order valence-electron chi connectivity index (χ1n) is 9.29. The number of ether oxygens (including phenoxy) is 1. The number of nitrogen functional groups attached to an aromatic ring is 1. The summed E-state index contributed by atoms with van der Waals surface area (Å²) in [5.74, 6) is -0.517. The van der Waals surface area contributed by atoms with Crippen LogP contribution in [-0.2, 0) is 0 Å². The number of amides is 1. The van der Waals surface area contributed by atoms with Crippen molar-refractivity contribution in [2.75, 3.05) is 24.7 Å². The lowest BCUT2D eigenvalue weighted by Gasteiger charge is -2.27. The largest absolute Gasteiger partial charge is 0.497 e. The summed E-state index contributed by atoms with van der Waals surface area (Å²) in [7, 11) is 1.46. The average molecular weight is 461 g/mol. The molecule has 1 saturated heterocycles. The van der Waals surface area contributed by atoms with Crippen LogP contribution < -0.4 is 26.7 Å². The van der Waals surface area contributed by atoms with Crippen molar-refractivity contribution in [2.45, 2.75) is 12.5 Å². The average Bonchev–Trinajstić information content (AvgIpc) is 2.68. The molecule has 0 unspecified atom stereocenters. The molecule has 3 aromatic rings. The van der Waals surface area contributed by atoms with Crippen LogP contribution >= 0.6 is 23.2 Å². The molecule has 3 heterocycles. The molecule has 9 nitrogen and oxygen atoms in total. The van der Waals surface area contributed by atoms with Gasteiger partial charge in [-0.25, -0.2) is 4.98 Å². The fourth-order valence-corrected chi connectivity index (χ4v) is 3.86. The minimum absolute atomic E-state index is 0.147. The number of carbonyl (C=O) groups is 1. The normalized spacial score (nSPS) is 15.3. The first-order chi connectivity index (χ1) is 14.9. The highest BCUT2D eigenvalue weighted by Crippen LogP contribution is 2.32. The minimum atomic E-state index is -0.719. The lowest BCUT2D eigenvalue weighted by molar-refractivity contribution is 0.102. The molecule has 11 heteroatoms. The molecule has 1 fully saturated rings. The Kier molecular flexibility index (Phi) is 5.81. The number of benzene rings is 1. The summed E-state index contributed by atoms with van der Waals surface area (Å²) >= 11 is 12.6. The second-order valence-corrected chi connectivity index (χ2v) is 7.69. The molecule has 2 aromatic heterocycles. The first-order valence-corrected chi connectivity index (χ1v) is 10.0. The monoisotopic (exact) mass is 460 g/mol. The summed E-state index contributed by atoms with van der Waals surface area (Å²) in [4.78, 5) is 34.1. The van der Waals surface area contributed by atoms with Crippen LogP contribution in [0.2, 0.25) is 10.0 Å². The number of hydrogen-bond acceptors (Lipinski definition) is 7. The highest BCUT2D eigenvalue weighted by Gasteiger charge is 2.23. The number of pyridine rings is 1. The second kappa shape index (κ2) is 8.54. The van der Waals surface area contributed by atoms with E-state index in [1.54, 1.807) is 12.3 Å². The molecule has 1 aromatic carbocycles. The van der Waals surface area contributed by atoms with Crippen LogP contribution in [0.15, 0.2) is 41.7 Å². The van der Waals surface area contributed by atoms with Gasteiger partial charge in [0.1, 0.15) is 23.5 Å². The third-order valence-electron chi connectivity index (χ3n) is 4.94. The number of aromatic nitrogens is 3. The van der Waals surface area contributed by atoms with Gasteiger partial charge in [0.15, 0.2) is 0 Å². The predicted molar refractivity (Wildman–Crippen MR) is 118 cm³/mol. The Hall–Kier alpha value is -3.14. The van der Waals surface area contributed by atoms with Crippen molar-refractivity contribution < 1.29 is 9.53 Å². The Labute approximate surface area is 187 Å². The van der Waals surface area contributed by atoms with E-state index in [2.05, 4.69) is 20.6 Å². The summed E-state index contributed by atoms with van der Waals surface area (Å²) < 4.78 is 6.19. The maximum absolute atomic E-state index is 13.1. The van der Waals surface area contributed by atoms with E-state index in [1.165, 1.54) is 31.8 Å². The van der Waals surface area contributed by atoms with Crippen molar-refractivity contribution in [3.63, 3.8) is 0 Å². The zero-order valence-electron chi connectivity index (χ0n) is 16.4. The Bertz CT molecular complexity index is 1200. The molecule has 0 aliphatic carbocycles. The summed E-state index contributed by atoms with van der Waals surface area (Å²) in [6.07, 6.45) is 5.37. The minimum Gasteiger partial charge on any atom is -0.497 e. The van der Waals surface area contributed by atoms with Gasteiger partial charge in [0, 0.05) is 24.4 Å². The van der Waals surface area contributed by atoms with Crippen molar-refractivity contribution >= 4 is 40.6 Å². The molecule has 1 amide bonds. The van der Waals surface area contributed by atoms with Crippen LogP contribution in [0.1, 0.15) is 28.4 Å². The lowest BCUT2D eigenvalue weighted by Crippen LogP contribution is -2.35. The number of nitrogens with one attached hydrogen (secondary N) is 2. The second-order valence-electron chi connectivity index (χ2n) is 6.88. The maximum atomic E-state index is 13.1. The molecule has 1 aliphatic heterocycles. The van der Waals surface area contributed by atoms with Gasteiger partial charge in [-0.1, -0.05) is 23.2 Å². The van der Waals surface area contributed by atoms with Crippen LogP contribution in [0, 0.1) is 0 Å². The molecule has 0 bridgehead atoms. The quantitative estimate of drug-likeness (QED) is 0.534. The van der Waals surface area contributed by atoms with Crippen LogP contribution in [-0.4, -0.2) is 34.1 Å². The van der Waals surface area contributed by atoms with Gasteiger partial charge in [0.25, 0.3) is 11.5 Å². The molecule has 0 saturated carbocycles. The Morgan fingerprint density at radius 3 is 2.61 bits per heavy atom. The SMILES string of the molecule is COc1cc(Cl)c(-n2cnc(N)c(C(=O)Nc3cncc([C@@H]4CCN4)c3)c2=O)c(Cl)c1. The van der Waals surface area contributed by atoms with Crippen LogP contribution in [0.5, 0.6) is 5.75 Å². The number of nitrogens with two attached hydrogens (primary N) is 1. The molecule has 0 radical (unpaired) electrons. The number of nitrogens with zero attached hydrogens (tertiary/aromatic N) is 3. The van der Waals surface area contributed by atoms with Gasteiger partial charge in [-0.15, -0.1) is 0 Å². The van der Waals surface area contributed by atoms with Crippen molar-refractivity contribution in [3.05, 3.63) is 68.4 Å². The molecular formula is C20H18Cl2N6O3. The van der Waals surface area contributed by atoms with Gasteiger partial charge in [-0.2, -0.15) is 0 Å². The predicted octanol–water partition coefficient (Wildman–Crippen LogP) is 2.81. The molecule has 0 spiro atoms. The topological polar surface area (TPSA) is 124 Å². The van der Waals surface area contributed by atoms with Gasteiger partial charge >= 0.3 is 0 Å². The third-order valence-corrected chi connectivity index (χ3v) is 5.51. The summed E-state index contributed by atoms with van der Waals surface area (Å²) in [6.45, 7) is 0.934. The number of rotatable bonds is 5. The highest BCUT2D eigenvalue weighted by atomic mass is 35.5. The smallest absolute Gasteiger partial charge is 0.273 e. The molecule has 1 atom stereocenters. The van der Waals surface area contributed by atoms with E-state index >= 15 is 0 Å². The summed E-state index contributed by atoms with van der Waals surface area (Å²) in [5, 5.41) is 6.22. The fraction of sp³-hybridized carbons (Fsp3) is 0.200. The van der Waals surface area contributed by atoms with E-state index in [-0.39, 0.29) is 33.2 Å². The van der Waals surface area contributed by atoms with Gasteiger partial charge in [0.05, 0.1) is 34.7 Å². The Balaban J connectivity index is 1.70. The Morgan fingerprint density at radius 1 is 1.29 bits per heavy atom. The number of anilines is 2. The van der Waals surface area contributed by atoms with Crippen LogP contribution in [0.3, 0.4) is 0 Å². The molecular weight excluding hydrogens is 443 g/mol. The summed E-state index contributed by atoms with van der Waals surface area (Å²) in [5.41, 5.74) is 6.34. The summed E-state index contributed by atoms with van der Waals surface area (Å²) in [6, 6.07) is 4.99. The van der Waals surface area contributed by atoms with Gasteiger partial charge in [-0.05, 0) is 24.6 Å². The van der Waals surface area contributed by atoms with E-state index < -0.39 is 11.5 Å². The third kappa shape index (κ3) is 4.07. The van der Waals surface area contributed by atoms with Crippen LogP contribution in [0.4, 0.5) is 11.5 Å². The van der Waals surface area contributed by atoms with E-state index in [1.807, 2.05) is 0 Å². The number of hydrogen-bond donors (Lipinski definition) is 3. The molecule has 4 N–H and O–H groups in total. The van der Waals surface area contributed by atoms with Crippen molar-refractivity contribution in [1.29, 1.82) is 0 Å². The lowest BCUT2D eigenvalue weighted by atomic mass is 9.99. The van der Waals surface area contributed by atoms with Crippen molar-refractivity contribution in [3.8, 4) is 11.4 Å². The zero-order valence-corrected chi connectivity index (χ0v) is 17.9.